The maximum atomic E-state index is 12.0. The van der Waals surface area contributed by atoms with Crippen LogP contribution in [0.5, 0.6) is 5.75 Å². The van der Waals surface area contributed by atoms with Gasteiger partial charge in [0.25, 0.3) is 0 Å². The Kier molecular flexibility index (Phi) is 5.57. The molecular formula is C18H19BrO2. The minimum Gasteiger partial charge on any atom is -0.485 e. The predicted molar refractivity (Wildman–Crippen MR) is 89.1 cm³/mol. The monoisotopic (exact) mass is 346 g/mol. The van der Waals surface area contributed by atoms with E-state index in [1.807, 2.05) is 24.3 Å². The summed E-state index contributed by atoms with van der Waals surface area (Å²) >= 11 is 3.35. The molecule has 2 aromatic carbocycles. The zero-order valence-corrected chi connectivity index (χ0v) is 13.9. The highest BCUT2D eigenvalue weighted by Crippen LogP contribution is 2.21. The van der Waals surface area contributed by atoms with Crippen LogP contribution in [0.2, 0.25) is 0 Å². The second-order valence-corrected chi connectivity index (χ2v) is 6.01. The van der Waals surface area contributed by atoms with E-state index in [0.29, 0.717) is 11.5 Å². The highest BCUT2D eigenvalue weighted by atomic mass is 79.9. The molecule has 0 spiro atoms. The molecule has 1 unspecified atom stereocenters. The Morgan fingerprint density at radius 2 is 1.71 bits per heavy atom. The van der Waals surface area contributed by atoms with E-state index in [2.05, 4.69) is 41.9 Å². The Balaban J connectivity index is 1.93. The summed E-state index contributed by atoms with van der Waals surface area (Å²) < 4.78 is 6.52. The van der Waals surface area contributed by atoms with Gasteiger partial charge in [-0.25, -0.2) is 0 Å². The van der Waals surface area contributed by atoms with Gasteiger partial charge in [-0.2, -0.15) is 0 Å². The molecule has 3 heteroatoms. The lowest BCUT2D eigenvalue weighted by atomic mass is 9.99. The average Bonchev–Trinajstić information content (AvgIpc) is 2.53. The molecule has 2 rings (SSSR count). The number of ether oxygens (including phenoxy) is 1. The Morgan fingerprint density at radius 1 is 1.10 bits per heavy atom. The molecule has 0 heterocycles. The first-order valence-electron chi connectivity index (χ1n) is 7.11. The van der Waals surface area contributed by atoms with Crippen LogP contribution in [0.15, 0.2) is 53.0 Å². The van der Waals surface area contributed by atoms with Gasteiger partial charge in [-0.1, -0.05) is 54.0 Å². The van der Waals surface area contributed by atoms with Gasteiger partial charge in [0.15, 0.2) is 12.4 Å². The SMILES string of the molecule is CCC(C)c1ccc(OCC(=O)c2ccc(Br)cc2)cc1. The van der Waals surface area contributed by atoms with Crippen LogP contribution in [0.25, 0.3) is 0 Å². The van der Waals surface area contributed by atoms with Crippen LogP contribution in [-0.4, -0.2) is 12.4 Å². The summed E-state index contributed by atoms with van der Waals surface area (Å²) in [7, 11) is 0. The molecule has 0 radical (unpaired) electrons. The second-order valence-electron chi connectivity index (χ2n) is 5.10. The van der Waals surface area contributed by atoms with Crippen LogP contribution < -0.4 is 4.74 Å². The van der Waals surface area contributed by atoms with E-state index in [1.165, 1.54) is 5.56 Å². The maximum Gasteiger partial charge on any atom is 0.200 e. The number of hydrogen-bond donors (Lipinski definition) is 0. The molecule has 2 nitrogen and oxygen atoms in total. The number of ketones is 1. The molecule has 0 aliphatic rings. The number of Topliss-reactive ketones (excluding diaryl/α,β-unsaturated/α-hetero) is 1. The van der Waals surface area contributed by atoms with Crippen molar-refractivity contribution in [3.63, 3.8) is 0 Å². The second kappa shape index (κ2) is 7.41. The van der Waals surface area contributed by atoms with Crippen LogP contribution in [0.1, 0.15) is 42.1 Å². The van der Waals surface area contributed by atoms with Crippen molar-refractivity contribution >= 4 is 21.7 Å². The Hall–Kier alpha value is -1.61. The van der Waals surface area contributed by atoms with E-state index >= 15 is 0 Å². The van der Waals surface area contributed by atoms with Gasteiger partial charge in [-0.05, 0) is 42.2 Å². The number of hydrogen-bond acceptors (Lipinski definition) is 2. The van der Waals surface area contributed by atoms with Gasteiger partial charge in [-0.3, -0.25) is 4.79 Å². The van der Waals surface area contributed by atoms with Gasteiger partial charge in [0.1, 0.15) is 5.75 Å². The molecule has 2 aromatic rings. The molecular weight excluding hydrogens is 328 g/mol. The first-order chi connectivity index (χ1) is 10.1. The number of carbonyl (C=O) groups is 1. The van der Waals surface area contributed by atoms with Crippen LogP contribution in [0.4, 0.5) is 0 Å². The van der Waals surface area contributed by atoms with Crippen LogP contribution in [0, 0.1) is 0 Å². The Morgan fingerprint density at radius 3 is 2.29 bits per heavy atom. The number of carbonyl (C=O) groups excluding carboxylic acids is 1. The quantitative estimate of drug-likeness (QED) is 0.670. The van der Waals surface area contributed by atoms with E-state index in [1.54, 1.807) is 12.1 Å². The minimum absolute atomic E-state index is 0.0199. The first-order valence-corrected chi connectivity index (χ1v) is 7.91. The molecule has 0 aliphatic carbocycles. The molecule has 21 heavy (non-hydrogen) atoms. The third-order valence-electron chi connectivity index (χ3n) is 3.60. The molecule has 0 aliphatic heterocycles. The predicted octanol–water partition coefficient (Wildman–Crippen LogP) is 5.22. The molecule has 0 fully saturated rings. The minimum atomic E-state index is -0.0199. The van der Waals surface area contributed by atoms with Crippen molar-refractivity contribution in [3.05, 3.63) is 64.1 Å². The summed E-state index contributed by atoms with van der Waals surface area (Å²) in [5, 5.41) is 0. The lowest BCUT2D eigenvalue weighted by Crippen LogP contribution is -2.11. The zero-order valence-electron chi connectivity index (χ0n) is 12.3. The fourth-order valence-electron chi connectivity index (χ4n) is 2.00. The number of benzene rings is 2. The molecule has 0 N–H and O–H groups in total. The van der Waals surface area contributed by atoms with Crippen LogP contribution >= 0.6 is 15.9 Å². The van der Waals surface area contributed by atoms with Gasteiger partial charge < -0.3 is 4.74 Å². The summed E-state index contributed by atoms with van der Waals surface area (Å²) in [4.78, 5) is 12.0. The van der Waals surface area contributed by atoms with Crippen molar-refractivity contribution in [1.82, 2.24) is 0 Å². The topological polar surface area (TPSA) is 26.3 Å². The zero-order chi connectivity index (χ0) is 15.2. The molecule has 1 atom stereocenters. The van der Waals surface area contributed by atoms with E-state index in [-0.39, 0.29) is 12.4 Å². The van der Waals surface area contributed by atoms with Crippen molar-refractivity contribution in [3.8, 4) is 5.75 Å². The van der Waals surface area contributed by atoms with Gasteiger partial charge in [0, 0.05) is 10.0 Å². The molecule has 110 valence electrons. The van der Waals surface area contributed by atoms with E-state index in [9.17, 15) is 4.79 Å². The fourth-order valence-corrected chi connectivity index (χ4v) is 2.26. The van der Waals surface area contributed by atoms with Crippen LogP contribution in [0.3, 0.4) is 0 Å². The summed E-state index contributed by atoms with van der Waals surface area (Å²) in [6.07, 6.45) is 1.11. The lowest BCUT2D eigenvalue weighted by Gasteiger charge is -2.10. The van der Waals surface area contributed by atoms with Crippen LogP contribution in [-0.2, 0) is 0 Å². The van der Waals surface area contributed by atoms with Crippen molar-refractivity contribution in [1.29, 1.82) is 0 Å². The van der Waals surface area contributed by atoms with Gasteiger partial charge in [0.2, 0.25) is 0 Å². The van der Waals surface area contributed by atoms with E-state index in [4.69, 9.17) is 4.74 Å². The maximum absolute atomic E-state index is 12.0. The summed E-state index contributed by atoms with van der Waals surface area (Å²) in [6, 6.07) is 15.3. The van der Waals surface area contributed by atoms with Crippen molar-refractivity contribution in [2.24, 2.45) is 0 Å². The fraction of sp³-hybridized carbons (Fsp3) is 0.278. The molecule has 0 saturated heterocycles. The van der Waals surface area contributed by atoms with Gasteiger partial charge >= 0.3 is 0 Å². The first kappa shape index (κ1) is 15.8. The summed E-state index contributed by atoms with van der Waals surface area (Å²) in [5.74, 6) is 1.25. The highest BCUT2D eigenvalue weighted by Gasteiger charge is 2.07. The third-order valence-corrected chi connectivity index (χ3v) is 4.13. The third kappa shape index (κ3) is 4.43. The standard InChI is InChI=1S/C18H19BrO2/c1-3-13(2)14-6-10-17(11-7-14)21-12-18(20)15-4-8-16(19)9-5-15/h4-11,13H,3,12H2,1-2H3. The Bertz CT molecular complexity index is 588. The van der Waals surface area contributed by atoms with E-state index < -0.39 is 0 Å². The Labute approximate surface area is 134 Å². The van der Waals surface area contributed by atoms with Gasteiger partial charge in [-0.15, -0.1) is 0 Å². The summed E-state index contributed by atoms with van der Waals surface area (Å²) in [6.45, 7) is 4.43. The van der Waals surface area contributed by atoms with Crippen molar-refractivity contribution < 1.29 is 9.53 Å². The van der Waals surface area contributed by atoms with Crippen molar-refractivity contribution in [2.45, 2.75) is 26.2 Å². The molecule has 0 saturated carbocycles. The van der Waals surface area contributed by atoms with Gasteiger partial charge in [0.05, 0.1) is 0 Å². The van der Waals surface area contributed by atoms with E-state index in [0.717, 1.165) is 16.6 Å². The van der Waals surface area contributed by atoms with Crippen molar-refractivity contribution in [2.75, 3.05) is 6.61 Å². The lowest BCUT2D eigenvalue weighted by molar-refractivity contribution is 0.0921. The normalized spacial score (nSPS) is 12.0. The molecule has 0 bridgehead atoms. The molecule has 0 aromatic heterocycles. The number of halogens is 1. The average molecular weight is 347 g/mol. The highest BCUT2D eigenvalue weighted by molar-refractivity contribution is 9.10. The number of rotatable bonds is 6. The smallest absolute Gasteiger partial charge is 0.200 e. The molecule has 0 amide bonds. The largest absolute Gasteiger partial charge is 0.485 e. The summed E-state index contributed by atoms with van der Waals surface area (Å²) in [5.41, 5.74) is 1.96.